The van der Waals surface area contributed by atoms with Gasteiger partial charge in [-0.25, -0.2) is 0 Å². The number of thiophene rings is 1. The summed E-state index contributed by atoms with van der Waals surface area (Å²) in [6.45, 7) is 2.90. The zero-order valence-electron chi connectivity index (χ0n) is 9.61. The third-order valence-electron chi connectivity index (χ3n) is 3.11. The van der Waals surface area contributed by atoms with Gasteiger partial charge in [0.25, 0.3) is 5.91 Å². The highest BCUT2D eigenvalue weighted by molar-refractivity contribution is 7.12. The second kappa shape index (κ2) is 5.46. The molecule has 0 radical (unpaired) electrons. The molecule has 3 nitrogen and oxygen atoms in total. The Kier molecular flexibility index (Phi) is 3.96. The highest BCUT2D eigenvalue weighted by Gasteiger charge is 2.26. The Morgan fingerprint density at radius 3 is 3.25 bits per heavy atom. The van der Waals surface area contributed by atoms with Gasteiger partial charge in [-0.05, 0) is 43.8 Å². The Hall–Kier alpha value is -0.870. The van der Waals surface area contributed by atoms with Crippen molar-refractivity contribution in [2.45, 2.75) is 12.8 Å². The number of hydrogen-bond acceptors (Lipinski definition) is 3. The molecule has 1 N–H and O–H groups in total. The molecule has 2 heterocycles. The van der Waals surface area contributed by atoms with Gasteiger partial charge in [0.15, 0.2) is 0 Å². The second-order valence-corrected chi connectivity index (χ2v) is 5.22. The van der Waals surface area contributed by atoms with E-state index >= 15 is 0 Å². The first kappa shape index (κ1) is 11.6. The molecule has 0 saturated carbocycles. The van der Waals surface area contributed by atoms with Crippen LogP contribution in [0.4, 0.5) is 0 Å². The van der Waals surface area contributed by atoms with Crippen LogP contribution in [0.5, 0.6) is 0 Å². The molecular weight excluding hydrogens is 220 g/mol. The average molecular weight is 238 g/mol. The number of amides is 1. The van der Waals surface area contributed by atoms with E-state index in [1.165, 1.54) is 17.8 Å². The van der Waals surface area contributed by atoms with E-state index in [1.54, 1.807) is 0 Å². The standard InChI is InChI=1S/C12H18N2OS/c1-13-6-4-10-5-7-14(9-10)12(15)11-3-2-8-16-11/h2-3,8,10,13H,4-7,9H2,1H3. The summed E-state index contributed by atoms with van der Waals surface area (Å²) in [6.07, 6.45) is 2.32. The van der Waals surface area contributed by atoms with Gasteiger partial charge >= 0.3 is 0 Å². The van der Waals surface area contributed by atoms with Crippen molar-refractivity contribution < 1.29 is 4.79 Å². The third kappa shape index (κ3) is 2.62. The normalized spacial score (nSPS) is 20.3. The lowest BCUT2D eigenvalue weighted by atomic mass is 10.1. The molecule has 1 aliphatic rings. The molecule has 0 aromatic carbocycles. The van der Waals surface area contributed by atoms with Crippen LogP contribution >= 0.6 is 11.3 Å². The highest BCUT2D eigenvalue weighted by atomic mass is 32.1. The summed E-state index contributed by atoms with van der Waals surface area (Å²) in [5, 5.41) is 5.12. The summed E-state index contributed by atoms with van der Waals surface area (Å²) in [5.41, 5.74) is 0. The monoisotopic (exact) mass is 238 g/mol. The molecule has 1 fully saturated rings. The van der Waals surface area contributed by atoms with Crippen molar-refractivity contribution in [1.29, 1.82) is 0 Å². The highest BCUT2D eigenvalue weighted by Crippen LogP contribution is 2.22. The van der Waals surface area contributed by atoms with Gasteiger partial charge in [0.05, 0.1) is 4.88 Å². The number of carbonyl (C=O) groups excluding carboxylic acids is 1. The van der Waals surface area contributed by atoms with E-state index in [9.17, 15) is 4.79 Å². The first-order chi connectivity index (χ1) is 7.81. The molecule has 0 aliphatic carbocycles. The van der Waals surface area contributed by atoms with Gasteiger partial charge in [0.2, 0.25) is 0 Å². The molecule has 88 valence electrons. The number of carbonyl (C=O) groups is 1. The molecule has 1 saturated heterocycles. The van der Waals surface area contributed by atoms with Crippen LogP contribution in [0.25, 0.3) is 0 Å². The van der Waals surface area contributed by atoms with Crippen LogP contribution in [0, 0.1) is 5.92 Å². The summed E-state index contributed by atoms with van der Waals surface area (Å²) in [6, 6.07) is 3.85. The largest absolute Gasteiger partial charge is 0.338 e. The zero-order valence-corrected chi connectivity index (χ0v) is 10.4. The SMILES string of the molecule is CNCCC1CCN(C(=O)c2cccs2)C1. The Morgan fingerprint density at radius 1 is 1.69 bits per heavy atom. The smallest absolute Gasteiger partial charge is 0.263 e. The molecule has 1 amide bonds. The van der Waals surface area contributed by atoms with Crippen LogP contribution in [-0.4, -0.2) is 37.5 Å². The maximum Gasteiger partial charge on any atom is 0.263 e. The predicted octanol–water partition coefficient (Wildman–Crippen LogP) is 1.82. The summed E-state index contributed by atoms with van der Waals surface area (Å²) in [4.78, 5) is 14.9. The average Bonchev–Trinajstić information content (AvgIpc) is 2.96. The van der Waals surface area contributed by atoms with Crippen LogP contribution in [-0.2, 0) is 0 Å². The lowest BCUT2D eigenvalue weighted by Crippen LogP contribution is -2.28. The number of nitrogens with zero attached hydrogens (tertiary/aromatic N) is 1. The third-order valence-corrected chi connectivity index (χ3v) is 3.97. The summed E-state index contributed by atoms with van der Waals surface area (Å²) < 4.78 is 0. The quantitative estimate of drug-likeness (QED) is 0.868. The van der Waals surface area contributed by atoms with Crippen molar-refractivity contribution in [2.75, 3.05) is 26.7 Å². The van der Waals surface area contributed by atoms with Gasteiger partial charge in [-0.1, -0.05) is 6.07 Å². The molecular formula is C12H18N2OS. The van der Waals surface area contributed by atoms with Gasteiger partial charge in [-0.15, -0.1) is 11.3 Å². The first-order valence-electron chi connectivity index (χ1n) is 5.78. The molecule has 1 unspecified atom stereocenters. The van der Waals surface area contributed by atoms with Crippen molar-refractivity contribution in [3.8, 4) is 0 Å². The van der Waals surface area contributed by atoms with Gasteiger partial charge in [0.1, 0.15) is 0 Å². The molecule has 0 spiro atoms. The van der Waals surface area contributed by atoms with Crippen molar-refractivity contribution in [3.05, 3.63) is 22.4 Å². The van der Waals surface area contributed by atoms with E-state index in [4.69, 9.17) is 0 Å². The molecule has 1 atom stereocenters. The van der Waals surface area contributed by atoms with Crippen molar-refractivity contribution in [3.63, 3.8) is 0 Å². The minimum Gasteiger partial charge on any atom is -0.338 e. The van der Waals surface area contributed by atoms with Gasteiger partial charge in [-0.3, -0.25) is 4.79 Å². The minimum atomic E-state index is 0.210. The van der Waals surface area contributed by atoms with Crippen molar-refractivity contribution in [1.82, 2.24) is 10.2 Å². The maximum absolute atomic E-state index is 12.0. The van der Waals surface area contributed by atoms with Gasteiger partial charge < -0.3 is 10.2 Å². The molecule has 0 bridgehead atoms. The topological polar surface area (TPSA) is 32.3 Å². The van der Waals surface area contributed by atoms with Gasteiger partial charge in [-0.2, -0.15) is 0 Å². The second-order valence-electron chi connectivity index (χ2n) is 4.28. The fourth-order valence-electron chi connectivity index (χ4n) is 2.16. The molecule has 1 aromatic rings. The lowest BCUT2D eigenvalue weighted by molar-refractivity contribution is 0.0791. The van der Waals surface area contributed by atoms with E-state index in [-0.39, 0.29) is 5.91 Å². The Morgan fingerprint density at radius 2 is 2.56 bits per heavy atom. The maximum atomic E-state index is 12.0. The van der Waals surface area contributed by atoms with E-state index in [2.05, 4.69) is 5.32 Å². The fraction of sp³-hybridized carbons (Fsp3) is 0.583. The van der Waals surface area contributed by atoms with Crippen LogP contribution in [0.3, 0.4) is 0 Å². The van der Waals surface area contributed by atoms with Gasteiger partial charge in [0, 0.05) is 13.1 Å². The molecule has 1 aromatic heterocycles. The van der Waals surface area contributed by atoms with Crippen LogP contribution < -0.4 is 5.32 Å². The van der Waals surface area contributed by atoms with E-state index in [0.29, 0.717) is 5.92 Å². The van der Waals surface area contributed by atoms with Crippen LogP contribution in [0.2, 0.25) is 0 Å². The fourth-order valence-corrected chi connectivity index (χ4v) is 2.85. The zero-order chi connectivity index (χ0) is 11.4. The summed E-state index contributed by atoms with van der Waals surface area (Å²) >= 11 is 1.53. The van der Waals surface area contributed by atoms with Crippen LogP contribution in [0.1, 0.15) is 22.5 Å². The number of hydrogen-bond donors (Lipinski definition) is 1. The number of rotatable bonds is 4. The molecule has 2 rings (SSSR count). The van der Waals surface area contributed by atoms with E-state index < -0.39 is 0 Å². The van der Waals surface area contributed by atoms with Crippen molar-refractivity contribution in [2.24, 2.45) is 5.92 Å². The molecule has 1 aliphatic heterocycles. The molecule has 4 heteroatoms. The summed E-state index contributed by atoms with van der Waals surface area (Å²) in [5.74, 6) is 0.887. The lowest BCUT2D eigenvalue weighted by Gasteiger charge is -2.15. The Bertz CT molecular complexity index is 337. The Balaban J connectivity index is 1.86. The van der Waals surface area contributed by atoms with Crippen molar-refractivity contribution >= 4 is 17.2 Å². The van der Waals surface area contributed by atoms with E-state index in [1.807, 2.05) is 29.5 Å². The number of likely N-dealkylation sites (tertiary alicyclic amines) is 1. The summed E-state index contributed by atoms with van der Waals surface area (Å²) in [7, 11) is 1.98. The minimum absolute atomic E-state index is 0.210. The Labute approximate surface area is 100 Å². The predicted molar refractivity (Wildman–Crippen MR) is 66.9 cm³/mol. The number of nitrogens with one attached hydrogen (secondary N) is 1. The molecule has 16 heavy (non-hydrogen) atoms. The van der Waals surface area contributed by atoms with Crippen LogP contribution in [0.15, 0.2) is 17.5 Å². The van der Waals surface area contributed by atoms with E-state index in [0.717, 1.165) is 30.9 Å². The first-order valence-corrected chi connectivity index (χ1v) is 6.66.